The Kier molecular flexibility index (Phi) is 5.40. The van der Waals surface area contributed by atoms with Gasteiger partial charge < -0.3 is 4.74 Å². The van der Waals surface area contributed by atoms with Crippen LogP contribution in [0.1, 0.15) is 97.8 Å². The highest BCUT2D eigenvalue weighted by molar-refractivity contribution is 5.68. The summed E-state index contributed by atoms with van der Waals surface area (Å²) < 4.78 is 4.85. The van der Waals surface area contributed by atoms with Crippen molar-refractivity contribution in [2.45, 2.75) is 97.8 Å². The molecule has 8 atom stereocenters. The fourth-order valence-electron chi connectivity index (χ4n) is 8.99. The summed E-state index contributed by atoms with van der Waals surface area (Å²) in [6.45, 7) is 7.90. The molecule has 2 nitrogen and oxygen atoms in total. The van der Waals surface area contributed by atoms with Crippen molar-refractivity contribution in [1.82, 2.24) is 0 Å². The van der Waals surface area contributed by atoms with Crippen molar-refractivity contribution in [2.75, 3.05) is 7.11 Å². The van der Waals surface area contributed by atoms with Gasteiger partial charge in [0.05, 0.1) is 7.11 Å². The highest BCUT2D eigenvalue weighted by Gasteiger charge is 2.60. The van der Waals surface area contributed by atoms with E-state index in [2.05, 4.69) is 20.8 Å². The van der Waals surface area contributed by atoms with Crippen LogP contribution in [0.2, 0.25) is 0 Å². The van der Waals surface area contributed by atoms with Gasteiger partial charge in [-0.3, -0.25) is 4.79 Å². The summed E-state index contributed by atoms with van der Waals surface area (Å²) >= 11 is 0. The van der Waals surface area contributed by atoms with E-state index in [0.717, 1.165) is 41.9 Å². The molecule has 2 heteroatoms. The van der Waals surface area contributed by atoms with Crippen molar-refractivity contribution in [1.29, 1.82) is 0 Å². The minimum Gasteiger partial charge on any atom is -0.469 e. The topological polar surface area (TPSA) is 26.3 Å². The maximum Gasteiger partial charge on any atom is 0.305 e. The minimum absolute atomic E-state index is 0.0317. The van der Waals surface area contributed by atoms with Gasteiger partial charge in [-0.2, -0.15) is 0 Å². The van der Waals surface area contributed by atoms with Gasteiger partial charge in [0.15, 0.2) is 0 Å². The number of carbonyl (C=O) groups is 1. The van der Waals surface area contributed by atoms with Crippen LogP contribution >= 0.6 is 0 Å². The monoisotopic (exact) mass is 374 g/mol. The molecule has 4 aliphatic carbocycles. The predicted molar refractivity (Wildman–Crippen MR) is 110 cm³/mol. The smallest absolute Gasteiger partial charge is 0.305 e. The lowest BCUT2D eigenvalue weighted by Gasteiger charge is -2.62. The van der Waals surface area contributed by atoms with Crippen LogP contribution in [0.3, 0.4) is 0 Å². The number of esters is 1. The van der Waals surface area contributed by atoms with Crippen LogP contribution in [0, 0.1) is 46.3 Å². The van der Waals surface area contributed by atoms with Gasteiger partial charge in [-0.1, -0.05) is 33.6 Å². The number of hydrogen-bond donors (Lipinski definition) is 0. The van der Waals surface area contributed by atoms with Crippen molar-refractivity contribution >= 4 is 5.97 Å². The van der Waals surface area contributed by atoms with Gasteiger partial charge in [0.25, 0.3) is 0 Å². The lowest BCUT2D eigenvalue weighted by molar-refractivity contribution is -0.141. The molecule has 0 radical (unpaired) electrons. The molecule has 154 valence electrons. The van der Waals surface area contributed by atoms with Gasteiger partial charge in [0.2, 0.25) is 0 Å². The van der Waals surface area contributed by atoms with Crippen molar-refractivity contribution < 1.29 is 9.53 Å². The molecule has 0 heterocycles. The van der Waals surface area contributed by atoms with Gasteiger partial charge in [0.1, 0.15) is 0 Å². The fourth-order valence-corrected chi connectivity index (χ4v) is 8.99. The third kappa shape index (κ3) is 3.18. The zero-order chi connectivity index (χ0) is 19.2. The quantitative estimate of drug-likeness (QED) is 0.517. The van der Waals surface area contributed by atoms with Crippen molar-refractivity contribution in [2.24, 2.45) is 46.3 Å². The van der Waals surface area contributed by atoms with E-state index in [1.807, 2.05) is 0 Å². The maximum atomic E-state index is 11.5. The Morgan fingerprint density at radius 3 is 2.52 bits per heavy atom. The largest absolute Gasteiger partial charge is 0.469 e. The number of rotatable bonds is 4. The Balaban J connectivity index is 1.48. The number of ether oxygens (including phenoxy) is 1. The second-order valence-electron chi connectivity index (χ2n) is 11.2. The SMILES string of the molecule is COC(=O)CCCC1CCC2C3C[C@H](C)C4CCCCC4(C)[C@H]3CCC12C. The minimum atomic E-state index is -0.0317. The summed E-state index contributed by atoms with van der Waals surface area (Å²) in [5.74, 6) is 5.64. The standard InChI is InChI=1S/C25H42O2/c1-17-16-19-21-12-11-18(8-7-10-23(26)27-4)24(21,2)15-13-22(19)25(3)14-6-5-9-20(17)25/h17-22H,5-16H2,1-4H3/t17-,18?,19?,20?,21?,22-,24?,25?/m0/s1. The zero-order valence-corrected chi connectivity index (χ0v) is 18.3. The molecule has 6 unspecified atom stereocenters. The lowest BCUT2D eigenvalue weighted by atomic mass is 9.43. The number of fused-ring (bicyclic) bond motifs is 5. The summed E-state index contributed by atoms with van der Waals surface area (Å²) in [5, 5.41) is 0. The van der Waals surface area contributed by atoms with Crippen molar-refractivity contribution in [3.8, 4) is 0 Å². The molecular formula is C25H42O2. The average molecular weight is 375 g/mol. The summed E-state index contributed by atoms with van der Waals surface area (Å²) in [6.07, 6.45) is 16.1. The van der Waals surface area contributed by atoms with E-state index in [0.29, 0.717) is 17.3 Å². The van der Waals surface area contributed by atoms with Gasteiger partial charge in [0, 0.05) is 6.42 Å². The molecule has 0 spiro atoms. The molecule has 4 fully saturated rings. The fraction of sp³-hybridized carbons (Fsp3) is 0.960. The molecule has 0 amide bonds. The molecule has 4 saturated carbocycles. The Morgan fingerprint density at radius 1 is 0.963 bits per heavy atom. The van der Waals surface area contributed by atoms with E-state index < -0.39 is 0 Å². The third-order valence-electron chi connectivity index (χ3n) is 10.3. The molecule has 4 aliphatic rings. The normalized spacial score (nSPS) is 49.0. The molecule has 0 aromatic rings. The first-order chi connectivity index (χ1) is 12.9. The average Bonchev–Trinajstić information content (AvgIpc) is 2.98. The van der Waals surface area contributed by atoms with E-state index in [1.165, 1.54) is 71.3 Å². The summed E-state index contributed by atoms with van der Waals surface area (Å²) in [5.41, 5.74) is 1.17. The van der Waals surface area contributed by atoms with Gasteiger partial charge in [-0.15, -0.1) is 0 Å². The summed E-state index contributed by atoms with van der Waals surface area (Å²) in [6, 6.07) is 0. The van der Waals surface area contributed by atoms with E-state index in [9.17, 15) is 4.79 Å². The molecule has 0 aliphatic heterocycles. The van der Waals surface area contributed by atoms with Crippen LogP contribution in [0.4, 0.5) is 0 Å². The number of methoxy groups -OCH3 is 1. The molecule has 0 bridgehead atoms. The maximum absolute atomic E-state index is 11.5. The Labute approximate surface area is 167 Å². The second-order valence-corrected chi connectivity index (χ2v) is 11.2. The van der Waals surface area contributed by atoms with Crippen LogP contribution in [0.15, 0.2) is 0 Å². The summed E-state index contributed by atoms with van der Waals surface area (Å²) in [7, 11) is 1.51. The first kappa shape index (κ1) is 19.8. The summed E-state index contributed by atoms with van der Waals surface area (Å²) in [4.78, 5) is 11.5. The first-order valence-electron chi connectivity index (χ1n) is 12.0. The molecule has 0 N–H and O–H groups in total. The van der Waals surface area contributed by atoms with Gasteiger partial charge >= 0.3 is 5.97 Å². The Morgan fingerprint density at radius 2 is 1.74 bits per heavy atom. The molecule has 0 aromatic carbocycles. The highest BCUT2D eigenvalue weighted by atomic mass is 16.5. The highest BCUT2D eigenvalue weighted by Crippen LogP contribution is 2.68. The van der Waals surface area contributed by atoms with E-state index in [4.69, 9.17) is 4.74 Å². The van der Waals surface area contributed by atoms with Gasteiger partial charge in [-0.25, -0.2) is 0 Å². The molecule has 4 rings (SSSR count). The van der Waals surface area contributed by atoms with Crippen molar-refractivity contribution in [3.05, 3.63) is 0 Å². The zero-order valence-electron chi connectivity index (χ0n) is 18.3. The van der Waals surface area contributed by atoms with Gasteiger partial charge in [-0.05, 0) is 104 Å². The molecule has 0 aromatic heterocycles. The number of carbonyl (C=O) groups excluding carboxylic acids is 1. The van der Waals surface area contributed by atoms with E-state index in [1.54, 1.807) is 0 Å². The third-order valence-corrected chi connectivity index (χ3v) is 10.3. The lowest BCUT2D eigenvalue weighted by Crippen LogP contribution is -2.55. The van der Waals surface area contributed by atoms with Crippen LogP contribution < -0.4 is 0 Å². The van der Waals surface area contributed by atoms with E-state index in [-0.39, 0.29) is 5.97 Å². The first-order valence-corrected chi connectivity index (χ1v) is 12.0. The predicted octanol–water partition coefficient (Wildman–Crippen LogP) is 6.62. The van der Waals surface area contributed by atoms with Crippen molar-refractivity contribution in [3.63, 3.8) is 0 Å². The van der Waals surface area contributed by atoms with Crippen LogP contribution in [-0.2, 0) is 9.53 Å². The van der Waals surface area contributed by atoms with Crippen LogP contribution in [-0.4, -0.2) is 13.1 Å². The molecule has 27 heavy (non-hydrogen) atoms. The number of hydrogen-bond acceptors (Lipinski definition) is 2. The van der Waals surface area contributed by atoms with Crippen LogP contribution in [0.25, 0.3) is 0 Å². The Hall–Kier alpha value is -0.530. The molecular weight excluding hydrogens is 332 g/mol. The van der Waals surface area contributed by atoms with Crippen LogP contribution in [0.5, 0.6) is 0 Å². The van der Waals surface area contributed by atoms with E-state index >= 15 is 0 Å². The second kappa shape index (κ2) is 7.38. The Bertz CT molecular complexity index is 557. The molecule has 0 saturated heterocycles.